The number of H-pyrrole nitrogens is 1. The molecule has 0 radical (unpaired) electrons. The molecular weight excluding hydrogens is 356 g/mol. The van der Waals surface area contributed by atoms with Gasteiger partial charge in [0.25, 0.3) is 5.91 Å². The predicted molar refractivity (Wildman–Crippen MR) is 110 cm³/mol. The smallest absolute Gasteiger partial charge is 0.251 e. The Morgan fingerprint density at radius 1 is 1.22 bits per heavy atom. The first-order valence-electron chi connectivity index (χ1n) is 9.40. The van der Waals surface area contributed by atoms with E-state index in [1.807, 2.05) is 48.5 Å². The van der Waals surface area contributed by atoms with E-state index < -0.39 is 0 Å². The number of para-hydroxylation sites is 2. The molecule has 4 rings (SSSR count). The third-order valence-electron chi connectivity index (χ3n) is 5.07. The minimum atomic E-state index is 0.0105. The van der Waals surface area contributed by atoms with Crippen molar-refractivity contribution >= 4 is 28.7 Å². The molecule has 2 heterocycles. The van der Waals surface area contributed by atoms with Crippen molar-refractivity contribution in [3.63, 3.8) is 0 Å². The third-order valence-corrected chi connectivity index (χ3v) is 5.99. The van der Waals surface area contributed by atoms with Crippen LogP contribution < -0.4 is 10.6 Å². The van der Waals surface area contributed by atoms with Gasteiger partial charge in [-0.25, -0.2) is 4.98 Å². The van der Waals surface area contributed by atoms with Gasteiger partial charge in [-0.05, 0) is 50.1 Å². The molecule has 1 saturated heterocycles. The average molecular weight is 381 g/mol. The lowest BCUT2D eigenvalue weighted by atomic mass is 9.99. The molecule has 27 heavy (non-hydrogen) atoms. The maximum atomic E-state index is 12.9. The molecule has 1 aliphatic rings. The Hall–Kier alpha value is -2.31. The number of carbonyl (C=O) groups is 1. The summed E-state index contributed by atoms with van der Waals surface area (Å²) in [6.45, 7) is 3.16. The highest BCUT2D eigenvalue weighted by atomic mass is 32.2. The molecule has 5 nitrogen and oxygen atoms in total. The normalized spacial score (nSPS) is 19.9. The summed E-state index contributed by atoms with van der Waals surface area (Å²) in [5.41, 5.74) is 3.77. The second-order valence-electron chi connectivity index (χ2n) is 6.97. The molecule has 1 aromatic heterocycles. The largest absolute Gasteiger partial charge is 0.348 e. The van der Waals surface area contributed by atoms with E-state index in [0.29, 0.717) is 11.8 Å². The maximum absolute atomic E-state index is 12.9. The van der Waals surface area contributed by atoms with Gasteiger partial charge in [-0.1, -0.05) is 42.1 Å². The summed E-state index contributed by atoms with van der Waals surface area (Å²) in [5, 5.41) is 7.51. The summed E-state index contributed by atoms with van der Waals surface area (Å²) < 4.78 is 0. The minimum absolute atomic E-state index is 0.0105. The van der Waals surface area contributed by atoms with E-state index in [1.54, 1.807) is 11.8 Å². The Bertz CT molecular complexity index is 906. The van der Waals surface area contributed by atoms with Gasteiger partial charge in [-0.3, -0.25) is 4.79 Å². The lowest BCUT2D eigenvalue weighted by molar-refractivity contribution is 0.0919. The van der Waals surface area contributed by atoms with E-state index in [9.17, 15) is 4.79 Å². The number of hydrogen-bond acceptors (Lipinski definition) is 4. The van der Waals surface area contributed by atoms with Crippen LogP contribution in [0.5, 0.6) is 0 Å². The van der Waals surface area contributed by atoms with Crippen molar-refractivity contribution in [2.45, 2.75) is 42.8 Å². The van der Waals surface area contributed by atoms with Gasteiger partial charge >= 0.3 is 0 Å². The lowest BCUT2D eigenvalue weighted by Gasteiger charge is -2.30. The van der Waals surface area contributed by atoms with E-state index in [0.717, 1.165) is 46.7 Å². The summed E-state index contributed by atoms with van der Waals surface area (Å²) >= 11 is 1.62. The van der Waals surface area contributed by atoms with Gasteiger partial charge in [-0.15, -0.1) is 0 Å². The number of thioether (sulfide) groups is 1. The molecule has 0 bridgehead atoms. The minimum Gasteiger partial charge on any atom is -0.348 e. The number of carbonyl (C=O) groups excluding carboxylic acids is 1. The van der Waals surface area contributed by atoms with Crippen molar-refractivity contribution in [2.75, 3.05) is 6.54 Å². The number of fused-ring (bicyclic) bond motifs is 1. The molecule has 2 aromatic carbocycles. The molecule has 0 spiro atoms. The monoisotopic (exact) mass is 380 g/mol. The van der Waals surface area contributed by atoms with Gasteiger partial charge in [0, 0.05) is 23.4 Å². The third kappa shape index (κ3) is 4.17. The second-order valence-corrected chi connectivity index (χ2v) is 7.93. The Kier molecular flexibility index (Phi) is 5.45. The molecule has 1 amide bonds. The quantitative estimate of drug-likeness (QED) is 0.590. The fourth-order valence-corrected chi connectivity index (χ4v) is 4.39. The number of nitrogens with one attached hydrogen (secondary N) is 3. The number of imidazole rings is 1. The predicted octanol–water partition coefficient (Wildman–Crippen LogP) is 3.73. The number of aromatic amines is 1. The van der Waals surface area contributed by atoms with Crippen LogP contribution in [0.2, 0.25) is 0 Å². The van der Waals surface area contributed by atoms with E-state index >= 15 is 0 Å². The highest BCUT2D eigenvalue weighted by Gasteiger charge is 2.23. The van der Waals surface area contributed by atoms with Crippen LogP contribution in [0.3, 0.4) is 0 Å². The highest BCUT2D eigenvalue weighted by molar-refractivity contribution is 7.98. The molecule has 1 aliphatic heterocycles. The van der Waals surface area contributed by atoms with Gasteiger partial charge in [0.1, 0.15) is 0 Å². The van der Waals surface area contributed by atoms with E-state index in [1.165, 1.54) is 0 Å². The Balaban J connectivity index is 1.46. The molecule has 140 valence electrons. The first kappa shape index (κ1) is 18.1. The van der Waals surface area contributed by atoms with Gasteiger partial charge in [0.05, 0.1) is 11.0 Å². The van der Waals surface area contributed by atoms with Crippen LogP contribution in [0.25, 0.3) is 11.0 Å². The number of aromatic nitrogens is 2. The summed E-state index contributed by atoms with van der Waals surface area (Å²) in [6, 6.07) is 16.3. The lowest BCUT2D eigenvalue weighted by Crippen LogP contribution is -2.52. The van der Waals surface area contributed by atoms with E-state index in [2.05, 4.69) is 27.5 Å². The molecule has 6 heteroatoms. The average Bonchev–Trinajstić information content (AvgIpc) is 3.11. The molecule has 3 N–H and O–H groups in total. The van der Waals surface area contributed by atoms with Crippen LogP contribution in [0, 0.1) is 0 Å². The Morgan fingerprint density at radius 3 is 2.89 bits per heavy atom. The van der Waals surface area contributed by atoms with Crippen LogP contribution in [-0.4, -0.2) is 34.5 Å². The SMILES string of the molecule is CC1NCCCC1NC(=O)c1ccccc1CSc1nc2ccccc2[nH]1. The first-order chi connectivity index (χ1) is 13.2. The number of hydrogen-bond donors (Lipinski definition) is 3. The number of nitrogens with zero attached hydrogens (tertiary/aromatic N) is 1. The van der Waals surface area contributed by atoms with Crippen molar-refractivity contribution in [2.24, 2.45) is 0 Å². The zero-order valence-corrected chi connectivity index (χ0v) is 16.2. The van der Waals surface area contributed by atoms with Crippen LogP contribution >= 0.6 is 11.8 Å². The summed E-state index contributed by atoms with van der Waals surface area (Å²) in [5.74, 6) is 0.707. The van der Waals surface area contributed by atoms with Crippen LogP contribution in [0.15, 0.2) is 53.7 Å². The van der Waals surface area contributed by atoms with Crippen molar-refractivity contribution < 1.29 is 4.79 Å². The summed E-state index contributed by atoms with van der Waals surface area (Å²) in [7, 11) is 0. The zero-order valence-electron chi connectivity index (χ0n) is 15.4. The number of rotatable bonds is 5. The number of benzene rings is 2. The molecule has 3 aromatic rings. The maximum Gasteiger partial charge on any atom is 0.251 e. The highest BCUT2D eigenvalue weighted by Crippen LogP contribution is 2.25. The Morgan fingerprint density at radius 2 is 2.04 bits per heavy atom. The van der Waals surface area contributed by atoms with E-state index in [-0.39, 0.29) is 11.9 Å². The molecule has 2 atom stereocenters. The molecule has 0 aliphatic carbocycles. The molecule has 1 fully saturated rings. The van der Waals surface area contributed by atoms with Gasteiger partial charge < -0.3 is 15.6 Å². The van der Waals surface area contributed by atoms with E-state index in [4.69, 9.17) is 0 Å². The molecule has 2 unspecified atom stereocenters. The van der Waals surface area contributed by atoms with Crippen molar-refractivity contribution in [3.8, 4) is 0 Å². The van der Waals surface area contributed by atoms with Gasteiger partial charge in [0.2, 0.25) is 0 Å². The first-order valence-corrected chi connectivity index (χ1v) is 10.4. The Labute approximate surface area is 163 Å². The van der Waals surface area contributed by atoms with Crippen LogP contribution in [0.1, 0.15) is 35.7 Å². The van der Waals surface area contributed by atoms with Crippen molar-refractivity contribution in [1.82, 2.24) is 20.6 Å². The fourth-order valence-electron chi connectivity index (χ4n) is 3.50. The van der Waals surface area contributed by atoms with Crippen LogP contribution in [0.4, 0.5) is 0 Å². The van der Waals surface area contributed by atoms with Crippen molar-refractivity contribution in [3.05, 3.63) is 59.7 Å². The van der Waals surface area contributed by atoms with Gasteiger partial charge in [-0.2, -0.15) is 0 Å². The zero-order chi connectivity index (χ0) is 18.6. The fraction of sp³-hybridized carbons (Fsp3) is 0.333. The standard InChI is InChI=1S/C21H24N4OS/c1-14-17(11-6-12-22-14)23-20(26)16-8-3-2-7-15(16)13-27-21-24-18-9-4-5-10-19(18)25-21/h2-5,7-10,14,17,22H,6,11-13H2,1H3,(H,23,26)(H,24,25). The van der Waals surface area contributed by atoms with Crippen LogP contribution in [-0.2, 0) is 5.75 Å². The van der Waals surface area contributed by atoms with Gasteiger partial charge in [0.15, 0.2) is 5.16 Å². The number of amides is 1. The molecule has 0 saturated carbocycles. The topological polar surface area (TPSA) is 69.8 Å². The summed E-state index contributed by atoms with van der Waals surface area (Å²) in [4.78, 5) is 20.8. The van der Waals surface area contributed by atoms with Crippen molar-refractivity contribution in [1.29, 1.82) is 0 Å². The number of piperidine rings is 1. The summed E-state index contributed by atoms with van der Waals surface area (Å²) in [6.07, 6.45) is 2.12. The molecular formula is C21H24N4OS. The second kappa shape index (κ2) is 8.15.